The highest BCUT2D eigenvalue weighted by Crippen LogP contribution is 2.30. The van der Waals surface area contributed by atoms with Crippen molar-refractivity contribution in [3.8, 4) is 0 Å². The van der Waals surface area contributed by atoms with Crippen molar-refractivity contribution in [2.75, 3.05) is 18.0 Å². The molecule has 1 aliphatic carbocycles. The van der Waals surface area contributed by atoms with Crippen molar-refractivity contribution in [3.05, 3.63) is 23.9 Å². The number of nitrogens with zero attached hydrogens (tertiary/aromatic N) is 2. The Morgan fingerprint density at radius 1 is 1.56 bits per heavy atom. The average Bonchev–Trinajstić information content (AvgIpc) is 3.10. The third-order valence-corrected chi connectivity index (χ3v) is 3.08. The second kappa shape index (κ2) is 4.78. The lowest BCUT2D eigenvalue weighted by atomic mass is 10.3. The van der Waals surface area contributed by atoms with Crippen LogP contribution in [0.5, 0.6) is 0 Å². The van der Waals surface area contributed by atoms with Crippen LogP contribution in [-0.4, -0.2) is 23.1 Å². The molecule has 0 bridgehead atoms. The molecule has 0 radical (unpaired) electrons. The van der Waals surface area contributed by atoms with Crippen molar-refractivity contribution in [1.82, 2.24) is 4.98 Å². The summed E-state index contributed by atoms with van der Waals surface area (Å²) in [5.74, 6) is 1.84. The summed E-state index contributed by atoms with van der Waals surface area (Å²) in [5, 5.41) is 0. The van der Waals surface area contributed by atoms with E-state index >= 15 is 0 Å². The Hall–Kier alpha value is -1.16. The topological polar surface area (TPSA) is 42.1 Å². The standard InChI is InChI=1S/C12H17N3S/c1-2-15(8-9-6-7-9)11-5-3-4-10(14-11)12(13)16/h3-5,9H,2,6-8H2,1H3,(H2,13,16). The Labute approximate surface area is 102 Å². The summed E-state index contributed by atoms with van der Waals surface area (Å²) >= 11 is 4.94. The zero-order valence-electron chi connectivity index (χ0n) is 9.52. The summed E-state index contributed by atoms with van der Waals surface area (Å²) in [5.41, 5.74) is 6.30. The Balaban J connectivity index is 2.15. The van der Waals surface area contributed by atoms with Gasteiger partial charge in [0.25, 0.3) is 0 Å². The lowest BCUT2D eigenvalue weighted by molar-refractivity contribution is 0.732. The molecule has 1 aromatic heterocycles. The van der Waals surface area contributed by atoms with Crippen LogP contribution in [0.3, 0.4) is 0 Å². The first-order chi connectivity index (χ1) is 7.70. The molecule has 1 saturated carbocycles. The first kappa shape index (κ1) is 11.3. The van der Waals surface area contributed by atoms with E-state index in [9.17, 15) is 0 Å². The molecule has 86 valence electrons. The summed E-state index contributed by atoms with van der Waals surface area (Å²) in [6.07, 6.45) is 2.71. The molecule has 1 aromatic rings. The van der Waals surface area contributed by atoms with Crippen molar-refractivity contribution in [3.63, 3.8) is 0 Å². The molecule has 0 aliphatic heterocycles. The van der Waals surface area contributed by atoms with Crippen LogP contribution in [0.4, 0.5) is 5.82 Å². The second-order valence-electron chi connectivity index (χ2n) is 4.23. The number of pyridine rings is 1. The molecule has 0 atom stereocenters. The zero-order valence-corrected chi connectivity index (χ0v) is 10.3. The van der Waals surface area contributed by atoms with Gasteiger partial charge in [-0.25, -0.2) is 4.98 Å². The van der Waals surface area contributed by atoms with Gasteiger partial charge in [0.15, 0.2) is 0 Å². The number of rotatable bonds is 5. The van der Waals surface area contributed by atoms with Gasteiger partial charge in [0, 0.05) is 13.1 Å². The van der Waals surface area contributed by atoms with E-state index < -0.39 is 0 Å². The van der Waals surface area contributed by atoms with E-state index in [4.69, 9.17) is 18.0 Å². The maximum Gasteiger partial charge on any atom is 0.129 e. The van der Waals surface area contributed by atoms with Gasteiger partial charge in [-0.05, 0) is 37.8 Å². The molecule has 2 N–H and O–H groups in total. The summed E-state index contributed by atoms with van der Waals surface area (Å²) in [6.45, 7) is 4.23. The van der Waals surface area contributed by atoms with Gasteiger partial charge in [0.05, 0.1) is 5.69 Å². The van der Waals surface area contributed by atoms with E-state index in [0.717, 1.165) is 24.8 Å². The SMILES string of the molecule is CCN(CC1CC1)c1cccc(C(N)=S)n1. The van der Waals surface area contributed by atoms with Crippen LogP contribution in [0, 0.1) is 5.92 Å². The highest BCUT2D eigenvalue weighted by Gasteiger charge is 2.24. The largest absolute Gasteiger partial charge is 0.388 e. The highest BCUT2D eigenvalue weighted by atomic mass is 32.1. The number of hydrogen-bond donors (Lipinski definition) is 1. The minimum Gasteiger partial charge on any atom is -0.388 e. The van der Waals surface area contributed by atoms with Crippen LogP contribution in [0.15, 0.2) is 18.2 Å². The lowest BCUT2D eigenvalue weighted by Gasteiger charge is -2.22. The Bertz CT molecular complexity index is 388. The fourth-order valence-corrected chi connectivity index (χ4v) is 1.85. The summed E-state index contributed by atoms with van der Waals surface area (Å²) in [7, 11) is 0. The molecule has 3 nitrogen and oxygen atoms in total. The van der Waals surface area contributed by atoms with Gasteiger partial charge >= 0.3 is 0 Å². The summed E-state index contributed by atoms with van der Waals surface area (Å²) in [4.78, 5) is 7.14. The third kappa shape index (κ3) is 2.70. The third-order valence-electron chi connectivity index (χ3n) is 2.87. The van der Waals surface area contributed by atoms with Crippen LogP contribution < -0.4 is 10.6 Å². The monoisotopic (exact) mass is 235 g/mol. The maximum absolute atomic E-state index is 5.59. The van der Waals surface area contributed by atoms with Crippen molar-refractivity contribution in [2.24, 2.45) is 11.7 Å². The zero-order chi connectivity index (χ0) is 11.5. The number of nitrogens with two attached hydrogens (primary N) is 1. The fraction of sp³-hybridized carbons (Fsp3) is 0.500. The van der Waals surface area contributed by atoms with Gasteiger partial charge in [-0.2, -0.15) is 0 Å². The van der Waals surface area contributed by atoms with Gasteiger partial charge < -0.3 is 10.6 Å². The number of hydrogen-bond acceptors (Lipinski definition) is 3. The highest BCUT2D eigenvalue weighted by molar-refractivity contribution is 7.80. The van der Waals surface area contributed by atoms with E-state index in [1.807, 2.05) is 18.2 Å². The van der Waals surface area contributed by atoms with Gasteiger partial charge in [-0.1, -0.05) is 18.3 Å². The molecular formula is C12H17N3S. The smallest absolute Gasteiger partial charge is 0.129 e. The Kier molecular flexibility index (Phi) is 3.39. The van der Waals surface area contributed by atoms with Gasteiger partial charge in [0.1, 0.15) is 10.8 Å². The fourth-order valence-electron chi connectivity index (χ4n) is 1.73. The molecule has 1 heterocycles. The minimum absolute atomic E-state index is 0.365. The van der Waals surface area contributed by atoms with E-state index in [1.165, 1.54) is 12.8 Å². The first-order valence-electron chi connectivity index (χ1n) is 5.72. The van der Waals surface area contributed by atoms with Crippen LogP contribution in [0.1, 0.15) is 25.5 Å². The van der Waals surface area contributed by atoms with Crippen LogP contribution in [0.2, 0.25) is 0 Å². The van der Waals surface area contributed by atoms with Crippen LogP contribution >= 0.6 is 12.2 Å². The predicted molar refractivity (Wildman–Crippen MR) is 70.7 cm³/mol. The quantitative estimate of drug-likeness (QED) is 0.792. The maximum atomic E-state index is 5.59. The molecule has 1 aliphatic rings. The molecule has 0 unspecified atom stereocenters. The van der Waals surface area contributed by atoms with Crippen molar-refractivity contribution < 1.29 is 0 Å². The second-order valence-corrected chi connectivity index (χ2v) is 4.67. The summed E-state index contributed by atoms with van der Waals surface area (Å²) in [6, 6.07) is 5.84. The van der Waals surface area contributed by atoms with Crippen molar-refractivity contribution in [2.45, 2.75) is 19.8 Å². The minimum atomic E-state index is 0.365. The molecule has 0 spiro atoms. The molecule has 4 heteroatoms. The van der Waals surface area contributed by atoms with Gasteiger partial charge in [-0.15, -0.1) is 0 Å². The number of anilines is 1. The normalized spacial score (nSPS) is 14.8. The molecular weight excluding hydrogens is 218 g/mol. The van der Waals surface area contributed by atoms with E-state index in [-0.39, 0.29) is 0 Å². The summed E-state index contributed by atoms with van der Waals surface area (Å²) < 4.78 is 0. The number of aromatic nitrogens is 1. The Morgan fingerprint density at radius 3 is 2.88 bits per heavy atom. The van der Waals surface area contributed by atoms with Crippen LogP contribution in [0.25, 0.3) is 0 Å². The predicted octanol–water partition coefficient (Wildman–Crippen LogP) is 1.95. The molecule has 2 rings (SSSR count). The number of thiocarbonyl (C=S) groups is 1. The molecule has 0 amide bonds. The van der Waals surface area contributed by atoms with E-state index in [0.29, 0.717) is 10.7 Å². The molecule has 0 saturated heterocycles. The van der Waals surface area contributed by atoms with Crippen molar-refractivity contribution >= 4 is 23.0 Å². The average molecular weight is 235 g/mol. The van der Waals surface area contributed by atoms with Crippen molar-refractivity contribution in [1.29, 1.82) is 0 Å². The van der Waals surface area contributed by atoms with E-state index in [2.05, 4.69) is 16.8 Å². The van der Waals surface area contributed by atoms with Gasteiger partial charge in [0.2, 0.25) is 0 Å². The lowest BCUT2D eigenvalue weighted by Crippen LogP contribution is -2.27. The van der Waals surface area contributed by atoms with E-state index in [1.54, 1.807) is 0 Å². The molecule has 1 fully saturated rings. The first-order valence-corrected chi connectivity index (χ1v) is 6.13. The van der Waals surface area contributed by atoms with Crippen LogP contribution in [-0.2, 0) is 0 Å². The molecule has 16 heavy (non-hydrogen) atoms. The Morgan fingerprint density at radius 2 is 2.31 bits per heavy atom. The molecule has 0 aromatic carbocycles. The van der Waals surface area contributed by atoms with Gasteiger partial charge in [-0.3, -0.25) is 0 Å².